The minimum Gasteiger partial charge on any atom is -0.429 e. The van der Waals surface area contributed by atoms with Gasteiger partial charge in [0.05, 0.1) is 0 Å². The Morgan fingerprint density at radius 2 is 2.06 bits per heavy atom. The zero-order chi connectivity index (χ0) is 13.4. The van der Waals surface area contributed by atoms with E-state index in [4.69, 9.17) is 14.3 Å². The largest absolute Gasteiger partial charge is 0.429 e. The number of ether oxygens (including phenoxy) is 2. The molecular formula is C13H23NO4. The van der Waals surface area contributed by atoms with Crippen molar-refractivity contribution in [1.82, 2.24) is 5.48 Å². The van der Waals surface area contributed by atoms with Crippen molar-refractivity contribution in [3.05, 3.63) is 0 Å². The van der Waals surface area contributed by atoms with E-state index in [9.17, 15) is 4.79 Å². The van der Waals surface area contributed by atoms with Crippen LogP contribution in [0.3, 0.4) is 0 Å². The molecule has 5 heteroatoms. The number of hydrogen-bond donors (Lipinski definition) is 1. The predicted octanol–water partition coefficient (Wildman–Crippen LogP) is 2.11. The molecule has 1 N–H and O–H groups in total. The van der Waals surface area contributed by atoms with Crippen LogP contribution in [0.4, 0.5) is 0 Å². The van der Waals surface area contributed by atoms with Crippen LogP contribution in [0.2, 0.25) is 0 Å². The summed E-state index contributed by atoms with van der Waals surface area (Å²) in [5, 5.41) is 0. The fourth-order valence-corrected chi connectivity index (χ4v) is 2.62. The van der Waals surface area contributed by atoms with Gasteiger partial charge in [-0.15, -0.1) is 0 Å². The Kier molecular flexibility index (Phi) is 3.67. The summed E-state index contributed by atoms with van der Waals surface area (Å²) in [6.07, 6.45) is 2.74. The minimum absolute atomic E-state index is 0.141. The molecule has 1 spiro atoms. The van der Waals surface area contributed by atoms with Gasteiger partial charge in [0.1, 0.15) is 0 Å². The van der Waals surface area contributed by atoms with Gasteiger partial charge in [-0.1, -0.05) is 27.7 Å². The average Bonchev–Trinajstić information content (AvgIpc) is 2.83. The summed E-state index contributed by atoms with van der Waals surface area (Å²) in [6.45, 7) is 8.18. The van der Waals surface area contributed by atoms with Crippen LogP contribution in [0, 0.1) is 5.92 Å². The lowest BCUT2D eigenvalue weighted by atomic mass is 9.99. The number of cyclic esters (lactones) is 1. The summed E-state index contributed by atoms with van der Waals surface area (Å²) in [4.78, 5) is 17.5. The van der Waals surface area contributed by atoms with Gasteiger partial charge < -0.3 is 4.74 Å². The van der Waals surface area contributed by atoms with Crippen molar-refractivity contribution in [1.29, 1.82) is 0 Å². The molecule has 0 aromatic rings. The molecular weight excluding hydrogens is 234 g/mol. The van der Waals surface area contributed by atoms with Gasteiger partial charge in [0.2, 0.25) is 5.79 Å². The number of rotatable bonds is 4. The van der Waals surface area contributed by atoms with Crippen molar-refractivity contribution < 1.29 is 19.1 Å². The van der Waals surface area contributed by atoms with Crippen LogP contribution in [0.15, 0.2) is 0 Å². The van der Waals surface area contributed by atoms with Gasteiger partial charge in [-0.3, -0.25) is 9.57 Å². The third kappa shape index (κ3) is 2.27. The minimum atomic E-state index is -1.23. The molecule has 5 nitrogen and oxygen atoms in total. The lowest BCUT2D eigenvalue weighted by Crippen LogP contribution is -2.38. The van der Waals surface area contributed by atoms with Gasteiger partial charge in [0.25, 0.3) is 5.79 Å². The number of nitrogens with one attached hydrogen (secondary N) is 1. The third-order valence-corrected chi connectivity index (χ3v) is 3.68. The summed E-state index contributed by atoms with van der Waals surface area (Å²) in [7, 11) is 0. The summed E-state index contributed by atoms with van der Waals surface area (Å²) in [5.41, 5.74) is 2.91. The lowest BCUT2D eigenvalue weighted by molar-refractivity contribution is -0.263. The van der Waals surface area contributed by atoms with Crippen molar-refractivity contribution in [2.45, 2.75) is 71.0 Å². The first-order chi connectivity index (χ1) is 8.45. The molecule has 2 unspecified atom stereocenters. The van der Waals surface area contributed by atoms with Gasteiger partial charge in [-0.25, -0.2) is 4.79 Å². The van der Waals surface area contributed by atoms with Crippen LogP contribution in [0.5, 0.6) is 0 Å². The Morgan fingerprint density at radius 1 is 1.39 bits per heavy atom. The fraction of sp³-hybridized carbons (Fsp3) is 0.923. The molecule has 0 aromatic carbocycles. The zero-order valence-corrected chi connectivity index (χ0v) is 11.6. The highest BCUT2D eigenvalue weighted by molar-refractivity contribution is 5.80. The topological polar surface area (TPSA) is 56.8 Å². The van der Waals surface area contributed by atoms with E-state index in [2.05, 4.69) is 19.3 Å². The van der Waals surface area contributed by atoms with Crippen molar-refractivity contribution in [2.75, 3.05) is 0 Å². The van der Waals surface area contributed by atoms with Gasteiger partial charge in [-0.2, -0.15) is 5.48 Å². The number of carbonyl (C=O) groups excluding carboxylic acids is 1. The first kappa shape index (κ1) is 13.8. The van der Waals surface area contributed by atoms with E-state index in [1.807, 2.05) is 13.8 Å². The van der Waals surface area contributed by atoms with Crippen LogP contribution in [-0.2, 0) is 19.1 Å². The van der Waals surface area contributed by atoms with Crippen LogP contribution < -0.4 is 5.48 Å². The highest BCUT2D eigenvalue weighted by Gasteiger charge is 2.61. The maximum Gasteiger partial charge on any atom is 0.371 e. The lowest BCUT2D eigenvalue weighted by Gasteiger charge is -2.25. The number of hydroxylamine groups is 1. The molecule has 0 aromatic heterocycles. The monoisotopic (exact) mass is 257 g/mol. The molecule has 2 saturated heterocycles. The molecule has 0 bridgehead atoms. The molecule has 18 heavy (non-hydrogen) atoms. The standard InChI is InChI=1S/C13H23NO4/c1-5-12(6-2)16-11(15)13(17-12)8-10(14-18-13)7-9(3)4/h9-10,14H,5-8H2,1-4H3. The average molecular weight is 257 g/mol. The number of hydrogen-bond acceptors (Lipinski definition) is 5. The van der Waals surface area contributed by atoms with Crippen LogP contribution in [0.1, 0.15) is 53.4 Å². The molecule has 104 valence electrons. The molecule has 2 atom stereocenters. The van der Waals surface area contributed by atoms with E-state index in [1.54, 1.807) is 0 Å². The Hall–Kier alpha value is -0.650. The van der Waals surface area contributed by atoms with Crippen LogP contribution in [0.25, 0.3) is 0 Å². The van der Waals surface area contributed by atoms with Gasteiger partial charge in [0.15, 0.2) is 0 Å². The van der Waals surface area contributed by atoms with Gasteiger partial charge >= 0.3 is 5.97 Å². The predicted molar refractivity (Wildman–Crippen MR) is 65.3 cm³/mol. The van der Waals surface area contributed by atoms with E-state index >= 15 is 0 Å². The molecule has 2 fully saturated rings. The SMILES string of the molecule is CCC1(CC)OC(=O)C2(CC(CC(C)C)NO2)O1. The Balaban J connectivity index is 2.08. The van der Waals surface area contributed by atoms with E-state index in [0.29, 0.717) is 25.2 Å². The van der Waals surface area contributed by atoms with E-state index in [-0.39, 0.29) is 6.04 Å². The van der Waals surface area contributed by atoms with Crippen molar-refractivity contribution in [2.24, 2.45) is 5.92 Å². The fourth-order valence-electron chi connectivity index (χ4n) is 2.62. The molecule has 2 aliphatic rings. The highest BCUT2D eigenvalue weighted by Crippen LogP contribution is 2.43. The normalized spacial score (nSPS) is 34.5. The second-order valence-electron chi connectivity index (χ2n) is 5.61. The van der Waals surface area contributed by atoms with Crippen molar-refractivity contribution >= 4 is 5.97 Å². The van der Waals surface area contributed by atoms with E-state index < -0.39 is 17.5 Å². The second kappa shape index (κ2) is 4.79. The molecule has 0 amide bonds. The molecule has 0 aliphatic carbocycles. The molecule has 0 radical (unpaired) electrons. The third-order valence-electron chi connectivity index (χ3n) is 3.68. The summed E-state index contributed by atoms with van der Waals surface area (Å²) < 4.78 is 11.3. The summed E-state index contributed by atoms with van der Waals surface area (Å²) >= 11 is 0. The Morgan fingerprint density at radius 3 is 2.56 bits per heavy atom. The Labute approximate surface area is 108 Å². The first-order valence-electron chi connectivity index (χ1n) is 6.82. The van der Waals surface area contributed by atoms with Crippen molar-refractivity contribution in [3.8, 4) is 0 Å². The zero-order valence-electron chi connectivity index (χ0n) is 11.6. The van der Waals surface area contributed by atoms with E-state index in [1.165, 1.54) is 0 Å². The van der Waals surface area contributed by atoms with Gasteiger partial charge in [-0.05, 0) is 12.3 Å². The maximum absolute atomic E-state index is 12.1. The summed E-state index contributed by atoms with van der Waals surface area (Å²) in [6, 6.07) is 0.141. The smallest absolute Gasteiger partial charge is 0.371 e. The van der Waals surface area contributed by atoms with Crippen LogP contribution >= 0.6 is 0 Å². The molecule has 2 aliphatic heterocycles. The Bertz CT molecular complexity index is 327. The van der Waals surface area contributed by atoms with E-state index in [0.717, 1.165) is 6.42 Å². The highest BCUT2D eigenvalue weighted by atomic mass is 16.9. The second-order valence-corrected chi connectivity index (χ2v) is 5.61. The number of carbonyl (C=O) groups is 1. The summed E-state index contributed by atoms with van der Waals surface area (Å²) in [5.74, 6) is -1.90. The maximum atomic E-state index is 12.1. The van der Waals surface area contributed by atoms with Gasteiger partial charge in [0, 0.05) is 25.3 Å². The molecule has 2 rings (SSSR count). The van der Waals surface area contributed by atoms with Crippen molar-refractivity contribution in [3.63, 3.8) is 0 Å². The molecule has 0 saturated carbocycles. The first-order valence-corrected chi connectivity index (χ1v) is 6.82. The van der Waals surface area contributed by atoms with Crippen LogP contribution in [-0.4, -0.2) is 23.6 Å². The number of esters is 1. The quantitative estimate of drug-likeness (QED) is 0.782. The molecule has 2 heterocycles.